The lowest BCUT2D eigenvalue weighted by Gasteiger charge is -2.25. The molecule has 3 aromatic carbocycles. The smallest absolute Gasteiger partial charge is 0.296 e. The molecule has 0 spiro atoms. The number of aryl methyl sites for hydroxylation is 1. The molecule has 43 heavy (non-hydrogen) atoms. The number of methoxy groups -OCH3 is 3. The van der Waals surface area contributed by atoms with Gasteiger partial charge in [0.1, 0.15) is 0 Å². The summed E-state index contributed by atoms with van der Waals surface area (Å²) in [6.07, 6.45) is 2.97. The minimum atomic E-state index is -1.04. The molecule has 1 amide bonds. The highest BCUT2D eigenvalue weighted by Crippen LogP contribution is 2.47. The van der Waals surface area contributed by atoms with Gasteiger partial charge in [-0.15, -0.1) is 10.2 Å². The average molecular weight is 616 g/mol. The minimum Gasteiger partial charge on any atom is -0.503 e. The maximum Gasteiger partial charge on any atom is 0.296 e. The van der Waals surface area contributed by atoms with Crippen molar-refractivity contribution in [3.05, 3.63) is 106 Å². The number of ketones is 1. The van der Waals surface area contributed by atoms with Crippen LogP contribution < -0.4 is 19.1 Å². The second kappa shape index (κ2) is 13.1. The molecule has 0 fully saturated rings. The predicted octanol–water partition coefficient (Wildman–Crippen LogP) is 6.35. The van der Waals surface area contributed by atoms with Crippen LogP contribution in [0.25, 0.3) is 6.08 Å². The summed E-state index contributed by atoms with van der Waals surface area (Å²) in [5, 5.41) is 19.9. The van der Waals surface area contributed by atoms with Gasteiger partial charge < -0.3 is 19.3 Å². The van der Waals surface area contributed by atoms with Crippen molar-refractivity contribution in [1.29, 1.82) is 0 Å². The molecule has 1 unspecified atom stereocenters. The molecule has 1 atom stereocenters. The summed E-state index contributed by atoms with van der Waals surface area (Å²) in [4.78, 5) is 28.6. The minimum absolute atomic E-state index is 0.101. The Hall–Kier alpha value is -4.61. The molecule has 0 saturated heterocycles. The highest BCUT2D eigenvalue weighted by molar-refractivity contribution is 8.00. The van der Waals surface area contributed by atoms with E-state index in [0.29, 0.717) is 32.9 Å². The molecule has 0 aliphatic carbocycles. The van der Waals surface area contributed by atoms with Crippen LogP contribution in [-0.4, -0.2) is 48.3 Å². The van der Waals surface area contributed by atoms with Crippen LogP contribution in [0.5, 0.6) is 17.2 Å². The average Bonchev–Trinajstić information content (AvgIpc) is 3.60. The lowest BCUT2D eigenvalue weighted by atomic mass is 9.95. The molecule has 0 bridgehead atoms. The van der Waals surface area contributed by atoms with Crippen molar-refractivity contribution in [2.45, 2.75) is 23.1 Å². The Bertz CT molecular complexity index is 1670. The number of ether oxygens (including phenoxy) is 3. The maximum absolute atomic E-state index is 13.6. The van der Waals surface area contributed by atoms with Crippen LogP contribution >= 0.6 is 23.1 Å². The number of aromatic nitrogens is 2. The normalized spacial score (nSPS) is 14.9. The van der Waals surface area contributed by atoms with E-state index >= 15 is 0 Å². The Balaban J connectivity index is 1.54. The number of carbonyl (C=O) groups is 2. The van der Waals surface area contributed by atoms with Crippen molar-refractivity contribution in [1.82, 2.24) is 10.2 Å². The summed E-state index contributed by atoms with van der Waals surface area (Å²) in [6.45, 7) is 2.03. The Kier molecular flexibility index (Phi) is 9.13. The Morgan fingerprint density at radius 3 is 2.30 bits per heavy atom. The fourth-order valence-electron chi connectivity index (χ4n) is 4.64. The fraction of sp³-hybridized carbons (Fsp3) is 0.188. The van der Waals surface area contributed by atoms with Crippen LogP contribution in [0.3, 0.4) is 0 Å². The van der Waals surface area contributed by atoms with Crippen molar-refractivity contribution < 1.29 is 28.9 Å². The van der Waals surface area contributed by atoms with Crippen LogP contribution in [0.15, 0.2) is 88.5 Å². The van der Waals surface area contributed by atoms with Gasteiger partial charge in [-0.1, -0.05) is 89.3 Å². The van der Waals surface area contributed by atoms with Gasteiger partial charge in [0.15, 0.2) is 27.4 Å². The first-order valence-corrected chi connectivity index (χ1v) is 15.0. The zero-order valence-corrected chi connectivity index (χ0v) is 25.6. The molecule has 220 valence electrons. The number of carbonyl (C=O) groups excluding carboxylic acids is 2. The monoisotopic (exact) mass is 615 g/mol. The molecule has 1 aliphatic heterocycles. The van der Waals surface area contributed by atoms with Gasteiger partial charge >= 0.3 is 0 Å². The lowest BCUT2D eigenvalue weighted by Crippen LogP contribution is -2.31. The predicted molar refractivity (Wildman–Crippen MR) is 167 cm³/mol. The number of thioether (sulfide) groups is 1. The first kappa shape index (κ1) is 29.9. The van der Waals surface area contributed by atoms with Gasteiger partial charge in [0, 0.05) is 5.75 Å². The molecule has 11 heteroatoms. The number of nitrogens with zero attached hydrogens (tertiary/aromatic N) is 3. The van der Waals surface area contributed by atoms with Gasteiger partial charge in [-0.25, -0.2) is 0 Å². The number of aliphatic hydroxyl groups is 1. The van der Waals surface area contributed by atoms with Crippen LogP contribution in [-0.2, 0) is 15.3 Å². The zero-order chi connectivity index (χ0) is 30.5. The molecule has 4 aromatic rings. The third-order valence-electron chi connectivity index (χ3n) is 6.79. The third-order valence-corrected chi connectivity index (χ3v) is 8.91. The van der Waals surface area contributed by atoms with Crippen molar-refractivity contribution >= 4 is 46.0 Å². The number of aliphatic hydroxyl groups excluding tert-OH is 1. The largest absolute Gasteiger partial charge is 0.503 e. The van der Waals surface area contributed by atoms with Gasteiger partial charge in [-0.05, 0) is 41.8 Å². The molecular formula is C32H29N3O6S2. The first-order chi connectivity index (χ1) is 20.8. The molecule has 2 heterocycles. The van der Waals surface area contributed by atoms with Crippen molar-refractivity contribution in [2.24, 2.45) is 0 Å². The zero-order valence-electron chi connectivity index (χ0n) is 23.9. The third kappa shape index (κ3) is 6.27. The van der Waals surface area contributed by atoms with Crippen molar-refractivity contribution in [3.63, 3.8) is 0 Å². The number of allylic oxidation sites excluding steroid dienone is 1. The van der Waals surface area contributed by atoms with Gasteiger partial charge in [0.2, 0.25) is 10.9 Å². The first-order valence-electron chi connectivity index (χ1n) is 13.2. The fourth-order valence-corrected chi connectivity index (χ4v) is 6.47. The highest BCUT2D eigenvalue weighted by Gasteiger charge is 2.46. The van der Waals surface area contributed by atoms with Crippen molar-refractivity contribution in [3.8, 4) is 17.2 Å². The Morgan fingerprint density at radius 1 is 1.00 bits per heavy atom. The van der Waals surface area contributed by atoms with E-state index in [2.05, 4.69) is 22.3 Å². The van der Waals surface area contributed by atoms with Gasteiger partial charge in [-0.2, -0.15) is 0 Å². The Labute approximate surface area is 257 Å². The van der Waals surface area contributed by atoms with Crippen LogP contribution in [0.2, 0.25) is 0 Å². The molecule has 1 N–H and O–H groups in total. The second-order valence-electron chi connectivity index (χ2n) is 9.53. The summed E-state index contributed by atoms with van der Waals surface area (Å²) >= 11 is 2.68. The molecule has 0 radical (unpaired) electrons. The summed E-state index contributed by atoms with van der Waals surface area (Å²) < 4.78 is 17.2. The summed E-state index contributed by atoms with van der Waals surface area (Å²) in [7, 11) is 4.43. The van der Waals surface area contributed by atoms with E-state index in [-0.39, 0.29) is 10.7 Å². The number of hydrogen-bond donors (Lipinski definition) is 1. The molecule has 0 saturated carbocycles. The number of amides is 1. The standard InChI is InChI=1S/C32H29N3O6S2/c1-19-10-12-21(13-11-19)18-42-32-34-33-31(43-32)35-27(22-16-24(39-2)29(41-4)25(17-22)40-3)26(28(37)30(35)38)23(36)15-14-20-8-6-5-7-9-20/h5-17,27,37H,18H2,1-4H3/b15-14+. The van der Waals surface area contributed by atoms with E-state index in [9.17, 15) is 14.7 Å². The highest BCUT2D eigenvalue weighted by atomic mass is 32.2. The SMILES string of the molecule is COc1cc(C2C(C(=O)/C=C/c3ccccc3)=C(O)C(=O)N2c2nnc(SCc3ccc(C)cc3)s2)cc(OC)c1OC. The summed E-state index contributed by atoms with van der Waals surface area (Å²) in [5.41, 5.74) is 3.44. The molecular weight excluding hydrogens is 587 g/mol. The van der Waals surface area contributed by atoms with Gasteiger partial charge in [0.25, 0.3) is 5.91 Å². The summed E-state index contributed by atoms with van der Waals surface area (Å²) in [5.74, 6) is -0.291. The van der Waals surface area contributed by atoms with E-state index in [0.717, 1.165) is 11.1 Å². The van der Waals surface area contributed by atoms with E-state index in [1.54, 1.807) is 18.2 Å². The molecule has 1 aromatic heterocycles. The number of anilines is 1. The van der Waals surface area contributed by atoms with Crippen LogP contribution in [0, 0.1) is 6.92 Å². The van der Waals surface area contributed by atoms with E-state index in [1.165, 1.54) is 61.0 Å². The van der Waals surface area contributed by atoms with E-state index in [4.69, 9.17) is 14.2 Å². The lowest BCUT2D eigenvalue weighted by molar-refractivity contribution is -0.117. The Morgan fingerprint density at radius 2 is 1.67 bits per heavy atom. The molecule has 9 nitrogen and oxygen atoms in total. The van der Waals surface area contributed by atoms with Crippen molar-refractivity contribution in [2.75, 3.05) is 26.2 Å². The number of rotatable bonds is 11. The molecule has 1 aliphatic rings. The quantitative estimate of drug-likeness (QED) is 0.117. The number of hydrogen-bond acceptors (Lipinski definition) is 10. The maximum atomic E-state index is 13.6. The van der Waals surface area contributed by atoms with Gasteiger partial charge in [0.05, 0.1) is 32.9 Å². The summed E-state index contributed by atoms with van der Waals surface area (Å²) in [6, 6.07) is 19.7. The molecule has 5 rings (SSSR count). The van der Waals surface area contributed by atoms with Crippen LogP contribution in [0.4, 0.5) is 5.13 Å². The van der Waals surface area contributed by atoms with E-state index < -0.39 is 23.5 Å². The van der Waals surface area contributed by atoms with Gasteiger partial charge in [-0.3, -0.25) is 14.5 Å². The topological polar surface area (TPSA) is 111 Å². The van der Waals surface area contributed by atoms with Crippen LogP contribution in [0.1, 0.15) is 28.3 Å². The number of benzene rings is 3. The van der Waals surface area contributed by atoms with E-state index in [1.807, 2.05) is 49.4 Å². The second-order valence-corrected chi connectivity index (χ2v) is 11.7.